The van der Waals surface area contributed by atoms with Crippen LogP contribution in [0.15, 0.2) is 41.6 Å². The molecule has 1 aliphatic heterocycles. The molecule has 12 heteroatoms. The van der Waals surface area contributed by atoms with Crippen molar-refractivity contribution in [2.45, 2.75) is 65.6 Å². The number of carbonyl (C=O) groups excluding carboxylic acids is 1. The van der Waals surface area contributed by atoms with E-state index in [4.69, 9.17) is 4.74 Å². The minimum Gasteiger partial charge on any atom is -0.444 e. The number of pyridine rings is 1. The molecule has 1 aromatic carbocycles. The van der Waals surface area contributed by atoms with Crippen molar-refractivity contribution in [3.05, 3.63) is 58.7 Å². The molecular weight excluding hydrogens is 551 g/mol. The zero-order valence-electron chi connectivity index (χ0n) is 25.9. The maximum Gasteiger partial charge on any atom is 0.410 e. The molecule has 1 saturated heterocycles. The van der Waals surface area contributed by atoms with Gasteiger partial charge in [-0.1, -0.05) is 19.9 Å². The van der Waals surface area contributed by atoms with Gasteiger partial charge in [0.15, 0.2) is 0 Å². The van der Waals surface area contributed by atoms with Gasteiger partial charge in [0.25, 0.3) is 0 Å². The van der Waals surface area contributed by atoms with Crippen LogP contribution in [-0.2, 0) is 11.3 Å². The number of likely N-dealkylation sites (N-methyl/N-ethyl adjacent to an activating group) is 1. The number of aromatic nitrogens is 4. The van der Waals surface area contributed by atoms with Crippen molar-refractivity contribution >= 4 is 11.9 Å². The van der Waals surface area contributed by atoms with Gasteiger partial charge in [-0.15, -0.1) is 0 Å². The summed E-state index contributed by atoms with van der Waals surface area (Å²) in [7, 11) is 1.75. The quantitative estimate of drug-likeness (QED) is 0.362. The number of piperidine rings is 1. The van der Waals surface area contributed by atoms with E-state index in [1.807, 2.05) is 25.7 Å². The molecule has 0 spiro atoms. The Bertz CT molecular complexity index is 1520. The monoisotopic (exact) mass is 592 g/mol. The van der Waals surface area contributed by atoms with E-state index in [9.17, 15) is 14.9 Å². The molecular formula is C31H41FN8O3. The van der Waals surface area contributed by atoms with Crippen LogP contribution in [0, 0.1) is 17.1 Å². The standard InChI is InChI=1S/C31H41FN8O3/c1-7-37(8-2)15-16-40-29(41)39(21-35-40)27-10-9-22(18-26(27)32)24-17-23(19-33)28(34-20-24)38-13-11-25(12-14-38)36(6)30(42)43-31(3,4)5/h9-10,17-18,20-21,25H,7-8,11-16H2,1-6H3. The van der Waals surface area contributed by atoms with Gasteiger partial charge >= 0.3 is 11.8 Å². The molecule has 11 nitrogen and oxygen atoms in total. The fourth-order valence-electron chi connectivity index (χ4n) is 5.21. The predicted octanol–water partition coefficient (Wildman–Crippen LogP) is 4.28. The van der Waals surface area contributed by atoms with Crippen LogP contribution in [0.4, 0.5) is 15.0 Å². The summed E-state index contributed by atoms with van der Waals surface area (Å²) in [6.45, 7) is 13.7. The van der Waals surface area contributed by atoms with Gasteiger partial charge in [0.05, 0.1) is 17.8 Å². The minimum atomic E-state index is -0.582. The largest absolute Gasteiger partial charge is 0.444 e. The summed E-state index contributed by atoms with van der Waals surface area (Å²) in [5.74, 6) is -0.0213. The van der Waals surface area contributed by atoms with E-state index in [0.717, 1.165) is 13.1 Å². The number of halogens is 1. The van der Waals surface area contributed by atoms with Gasteiger partial charge in [-0.2, -0.15) is 10.4 Å². The van der Waals surface area contributed by atoms with Crippen molar-refractivity contribution in [3.8, 4) is 22.9 Å². The number of hydrogen-bond donors (Lipinski definition) is 0. The van der Waals surface area contributed by atoms with E-state index in [0.29, 0.717) is 61.5 Å². The predicted molar refractivity (Wildman–Crippen MR) is 163 cm³/mol. The first-order valence-electron chi connectivity index (χ1n) is 14.7. The number of ether oxygens (including phenoxy) is 1. The summed E-state index contributed by atoms with van der Waals surface area (Å²) in [6, 6.07) is 8.53. The third kappa shape index (κ3) is 7.40. The molecule has 3 aromatic rings. The van der Waals surface area contributed by atoms with E-state index >= 15 is 4.39 Å². The van der Waals surface area contributed by atoms with Crippen LogP contribution in [0.25, 0.3) is 16.8 Å². The first-order chi connectivity index (χ1) is 20.4. The van der Waals surface area contributed by atoms with Gasteiger partial charge < -0.3 is 19.4 Å². The van der Waals surface area contributed by atoms with Gasteiger partial charge in [-0.05, 0) is 70.5 Å². The van der Waals surface area contributed by atoms with E-state index in [2.05, 4.69) is 34.9 Å². The first kappa shape index (κ1) is 31.7. The molecule has 1 aliphatic rings. The maximum absolute atomic E-state index is 15.3. The average molecular weight is 593 g/mol. The number of rotatable bonds is 9. The molecule has 0 unspecified atom stereocenters. The third-order valence-electron chi connectivity index (χ3n) is 7.78. The molecule has 0 saturated carbocycles. The second kappa shape index (κ2) is 13.4. The molecule has 1 amide bonds. The fourth-order valence-corrected chi connectivity index (χ4v) is 5.21. The Labute approximate surface area is 252 Å². The number of carbonyl (C=O) groups is 1. The Morgan fingerprint density at radius 2 is 1.86 bits per heavy atom. The van der Waals surface area contributed by atoms with E-state index < -0.39 is 17.1 Å². The number of nitrogens with zero attached hydrogens (tertiary/aromatic N) is 8. The molecule has 0 aliphatic carbocycles. The SMILES string of the molecule is CCN(CC)CCn1ncn(-c2ccc(-c3cnc(N4CCC(N(C)C(=O)OC(C)(C)C)CC4)c(C#N)c3)cc2F)c1=O. The highest BCUT2D eigenvalue weighted by molar-refractivity contribution is 5.70. The second-order valence-electron chi connectivity index (χ2n) is 11.7. The Morgan fingerprint density at radius 1 is 1.16 bits per heavy atom. The lowest BCUT2D eigenvalue weighted by Gasteiger charge is -2.38. The van der Waals surface area contributed by atoms with Crippen LogP contribution in [0.3, 0.4) is 0 Å². The van der Waals surface area contributed by atoms with Crippen molar-refractivity contribution < 1.29 is 13.9 Å². The van der Waals surface area contributed by atoms with Crippen LogP contribution >= 0.6 is 0 Å². The molecule has 0 atom stereocenters. The normalized spacial score (nSPS) is 14.2. The van der Waals surface area contributed by atoms with Crippen LogP contribution in [0.2, 0.25) is 0 Å². The van der Waals surface area contributed by atoms with Crippen LogP contribution in [-0.4, -0.2) is 86.6 Å². The van der Waals surface area contributed by atoms with Crippen molar-refractivity contribution in [2.75, 3.05) is 44.7 Å². The number of benzene rings is 1. The van der Waals surface area contributed by atoms with Crippen molar-refractivity contribution in [1.29, 1.82) is 5.26 Å². The average Bonchev–Trinajstić information content (AvgIpc) is 3.35. The van der Waals surface area contributed by atoms with Gasteiger partial charge in [-0.3, -0.25) is 0 Å². The van der Waals surface area contributed by atoms with E-state index in [-0.39, 0.29) is 17.8 Å². The lowest BCUT2D eigenvalue weighted by Crippen LogP contribution is -2.47. The van der Waals surface area contributed by atoms with Crippen molar-refractivity contribution in [3.63, 3.8) is 0 Å². The first-order valence-corrected chi connectivity index (χ1v) is 14.7. The van der Waals surface area contributed by atoms with Crippen LogP contribution in [0.5, 0.6) is 0 Å². The van der Waals surface area contributed by atoms with Crippen LogP contribution < -0.4 is 10.6 Å². The highest BCUT2D eigenvalue weighted by Gasteiger charge is 2.29. The number of nitriles is 1. The number of hydrogen-bond acceptors (Lipinski definition) is 8. The lowest BCUT2D eigenvalue weighted by molar-refractivity contribution is 0.0200. The minimum absolute atomic E-state index is 0.0272. The topological polar surface area (TPSA) is 113 Å². The molecule has 1 fully saturated rings. The van der Waals surface area contributed by atoms with Gasteiger partial charge in [0.2, 0.25) is 0 Å². The lowest BCUT2D eigenvalue weighted by atomic mass is 10.0. The van der Waals surface area contributed by atoms with E-state index in [1.54, 1.807) is 30.3 Å². The zero-order chi connectivity index (χ0) is 31.3. The van der Waals surface area contributed by atoms with E-state index in [1.165, 1.54) is 27.7 Å². The molecule has 3 heterocycles. The molecule has 0 N–H and O–H groups in total. The smallest absolute Gasteiger partial charge is 0.410 e. The second-order valence-corrected chi connectivity index (χ2v) is 11.7. The molecule has 0 bridgehead atoms. The van der Waals surface area contributed by atoms with Gasteiger partial charge in [0, 0.05) is 44.5 Å². The summed E-state index contributed by atoms with van der Waals surface area (Å²) >= 11 is 0. The summed E-state index contributed by atoms with van der Waals surface area (Å²) in [6.07, 6.45) is 4.03. The highest BCUT2D eigenvalue weighted by atomic mass is 19.1. The highest BCUT2D eigenvalue weighted by Crippen LogP contribution is 2.29. The number of amides is 1. The third-order valence-corrected chi connectivity index (χ3v) is 7.78. The number of anilines is 1. The van der Waals surface area contributed by atoms with Crippen molar-refractivity contribution in [2.24, 2.45) is 0 Å². The summed E-state index contributed by atoms with van der Waals surface area (Å²) in [5.41, 5.74) is 0.648. The Morgan fingerprint density at radius 3 is 2.47 bits per heavy atom. The van der Waals surface area contributed by atoms with Crippen LogP contribution in [0.1, 0.15) is 53.0 Å². The summed E-state index contributed by atoms with van der Waals surface area (Å²) in [4.78, 5) is 35.8. The molecule has 0 radical (unpaired) electrons. The summed E-state index contributed by atoms with van der Waals surface area (Å²) < 4.78 is 23.3. The molecule has 43 heavy (non-hydrogen) atoms. The zero-order valence-corrected chi connectivity index (χ0v) is 25.9. The molecule has 4 rings (SSSR count). The summed E-state index contributed by atoms with van der Waals surface area (Å²) in [5, 5.41) is 14.1. The Kier molecular flexibility index (Phi) is 9.86. The maximum atomic E-state index is 15.3. The fraction of sp³-hybridized carbons (Fsp3) is 0.516. The molecule has 2 aromatic heterocycles. The Balaban J connectivity index is 1.46. The van der Waals surface area contributed by atoms with Gasteiger partial charge in [0.1, 0.15) is 29.6 Å². The molecule has 230 valence electrons. The van der Waals surface area contributed by atoms with Gasteiger partial charge in [-0.25, -0.2) is 28.2 Å². The Hall–Kier alpha value is -4.24. The van der Waals surface area contributed by atoms with Crippen molar-refractivity contribution in [1.82, 2.24) is 29.1 Å².